The van der Waals surface area contributed by atoms with Crippen molar-refractivity contribution in [3.8, 4) is 0 Å². The topological polar surface area (TPSA) is 72.3 Å². The summed E-state index contributed by atoms with van der Waals surface area (Å²) in [6.45, 7) is 2.58. The lowest BCUT2D eigenvalue weighted by Gasteiger charge is -2.19. The van der Waals surface area contributed by atoms with Crippen LogP contribution in [0.5, 0.6) is 0 Å². The van der Waals surface area contributed by atoms with Gasteiger partial charge in [-0.3, -0.25) is 14.7 Å². The summed E-state index contributed by atoms with van der Waals surface area (Å²) in [6, 6.07) is 4.29. The number of amides is 1. The number of imidazole rings is 1. The van der Waals surface area contributed by atoms with Crippen molar-refractivity contribution in [3.63, 3.8) is 0 Å². The summed E-state index contributed by atoms with van der Waals surface area (Å²) >= 11 is 1.78. The summed E-state index contributed by atoms with van der Waals surface area (Å²) in [4.78, 5) is 24.5. The highest BCUT2D eigenvalue weighted by atomic mass is 32.1. The number of fused-ring (bicyclic) bond motifs is 1. The Morgan fingerprint density at radius 2 is 2.30 bits per heavy atom. The molecule has 8 heteroatoms. The number of hydrogen-bond acceptors (Lipinski definition) is 6. The Kier molecular flexibility index (Phi) is 5.20. The number of thiophene rings is 1. The summed E-state index contributed by atoms with van der Waals surface area (Å²) < 4.78 is 8.21. The van der Waals surface area contributed by atoms with E-state index in [1.165, 1.54) is 22.1 Å². The fraction of sp³-hybridized carbons (Fsp3) is 0.421. The molecule has 1 N–H and O–H groups in total. The van der Waals surface area contributed by atoms with Gasteiger partial charge in [0.15, 0.2) is 0 Å². The highest BCUT2D eigenvalue weighted by Crippen LogP contribution is 2.30. The first-order valence-electron chi connectivity index (χ1n) is 8.94. The first-order chi connectivity index (χ1) is 13.1. The number of likely N-dealkylation sites (tertiary alicyclic amines) is 1. The van der Waals surface area contributed by atoms with Crippen molar-refractivity contribution in [2.24, 2.45) is 7.05 Å². The number of carbonyl (C=O) groups excluding carboxylic acids is 1. The summed E-state index contributed by atoms with van der Waals surface area (Å²) in [5.74, 6) is 1.07. The van der Waals surface area contributed by atoms with E-state index in [9.17, 15) is 4.79 Å². The van der Waals surface area contributed by atoms with Crippen LogP contribution in [0.2, 0.25) is 0 Å². The lowest BCUT2D eigenvalue weighted by atomic mass is 10.0. The van der Waals surface area contributed by atoms with Crippen molar-refractivity contribution in [2.45, 2.75) is 18.5 Å². The molecular weight excluding hydrogens is 362 g/mol. The molecule has 1 fully saturated rings. The Bertz CT molecular complexity index is 904. The Balaban J connectivity index is 1.52. The molecule has 0 saturated carbocycles. The number of aromatic nitrogens is 3. The van der Waals surface area contributed by atoms with Gasteiger partial charge in [0.25, 0.3) is 0 Å². The van der Waals surface area contributed by atoms with Crippen LogP contribution in [0.4, 0.5) is 0 Å². The van der Waals surface area contributed by atoms with Crippen LogP contribution in [0.3, 0.4) is 0 Å². The molecule has 3 aromatic rings. The average Bonchev–Trinajstić information content (AvgIpc) is 3.33. The molecule has 4 rings (SSSR count). The maximum atomic E-state index is 12.1. The van der Waals surface area contributed by atoms with Gasteiger partial charge in [-0.15, -0.1) is 11.3 Å². The molecule has 142 valence electrons. The zero-order valence-electron chi connectivity index (χ0n) is 15.5. The largest absolute Gasteiger partial charge is 0.375 e. The van der Waals surface area contributed by atoms with Gasteiger partial charge in [0.05, 0.1) is 16.7 Å². The highest BCUT2D eigenvalue weighted by Gasteiger charge is 2.37. The normalized spacial score (nSPS) is 20.4. The van der Waals surface area contributed by atoms with Crippen molar-refractivity contribution in [1.29, 1.82) is 0 Å². The molecule has 27 heavy (non-hydrogen) atoms. The van der Waals surface area contributed by atoms with E-state index in [0.29, 0.717) is 0 Å². The molecule has 1 aliphatic rings. The third kappa shape index (κ3) is 3.87. The second-order valence-corrected chi connectivity index (χ2v) is 8.10. The quantitative estimate of drug-likeness (QED) is 0.700. The van der Waals surface area contributed by atoms with E-state index in [2.05, 4.69) is 26.3 Å². The molecule has 1 amide bonds. The number of aryl methyl sites for hydroxylation is 1. The van der Waals surface area contributed by atoms with Gasteiger partial charge in [0, 0.05) is 63.5 Å². The third-order valence-corrected chi connectivity index (χ3v) is 6.03. The van der Waals surface area contributed by atoms with Crippen molar-refractivity contribution < 1.29 is 9.53 Å². The van der Waals surface area contributed by atoms with Crippen LogP contribution in [-0.2, 0) is 23.1 Å². The van der Waals surface area contributed by atoms with Gasteiger partial charge in [0.1, 0.15) is 12.4 Å². The number of carbonyl (C=O) groups is 1. The van der Waals surface area contributed by atoms with E-state index >= 15 is 0 Å². The van der Waals surface area contributed by atoms with Crippen LogP contribution >= 0.6 is 11.3 Å². The number of hydrogen-bond donors (Lipinski definition) is 1. The van der Waals surface area contributed by atoms with Crippen LogP contribution in [0.1, 0.15) is 16.6 Å². The number of nitrogens with zero attached hydrogens (tertiary/aromatic N) is 4. The molecule has 1 aliphatic heterocycles. The van der Waals surface area contributed by atoms with E-state index < -0.39 is 0 Å². The summed E-state index contributed by atoms with van der Waals surface area (Å²) in [6.07, 6.45) is 7.50. The third-order valence-electron chi connectivity index (χ3n) is 4.96. The van der Waals surface area contributed by atoms with Gasteiger partial charge in [-0.05, 0) is 17.5 Å². The molecule has 0 unspecified atom stereocenters. The smallest absolute Gasteiger partial charge is 0.246 e. The lowest BCUT2D eigenvalue weighted by molar-refractivity contribution is -0.125. The second-order valence-electron chi connectivity index (χ2n) is 6.93. The molecule has 0 spiro atoms. The van der Waals surface area contributed by atoms with Gasteiger partial charge >= 0.3 is 0 Å². The van der Waals surface area contributed by atoms with Crippen LogP contribution in [0, 0.1) is 0 Å². The molecule has 0 radical (unpaired) electrons. The maximum absolute atomic E-state index is 12.1. The Hall–Kier alpha value is -2.29. The van der Waals surface area contributed by atoms with Gasteiger partial charge in [-0.25, -0.2) is 4.98 Å². The molecule has 4 heterocycles. The second kappa shape index (κ2) is 7.75. The Morgan fingerprint density at radius 1 is 1.41 bits per heavy atom. The van der Waals surface area contributed by atoms with Gasteiger partial charge < -0.3 is 14.6 Å². The Morgan fingerprint density at radius 3 is 3.04 bits per heavy atom. The first-order valence-corrected chi connectivity index (χ1v) is 9.76. The predicted molar refractivity (Wildman–Crippen MR) is 105 cm³/mol. The van der Waals surface area contributed by atoms with Crippen LogP contribution < -0.4 is 5.32 Å². The van der Waals surface area contributed by atoms with Crippen LogP contribution in [0.25, 0.3) is 10.1 Å². The zero-order valence-corrected chi connectivity index (χ0v) is 16.3. The van der Waals surface area contributed by atoms with Crippen molar-refractivity contribution in [1.82, 2.24) is 24.8 Å². The van der Waals surface area contributed by atoms with E-state index in [4.69, 9.17) is 4.74 Å². The van der Waals surface area contributed by atoms with E-state index in [1.54, 1.807) is 11.3 Å². The highest BCUT2D eigenvalue weighted by molar-refractivity contribution is 7.19. The minimum Gasteiger partial charge on any atom is -0.375 e. The van der Waals surface area contributed by atoms with E-state index in [0.717, 1.165) is 25.5 Å². The van der Waals surface area contributed by atoms with Crippen LogP contribution in [-0.4, -0.2) is 58.2 Å². The number of methoxy groups -OCH3 is 1. The SMILES string of the molecule is COCC(=O)N[C@@H]1CN(Cc2cc3ccncc3s2)C[C@H]1c1nccn1C. The van der Waals surface area contributed by atoms with E-state index in [-0.39, 0.29) is 24.5 Å². The van der Waals surface area contributed by atoms with Gasteiger partial charge in [0.2, 0.25) is 5.91 Å². The summed E-state index contributed by atoms with van der Waals surface area (Å²) in [5, 5.41) is 4.35. The number of nitrogens with one attached hydrogen (secondary N) is 1. The van der Waals surface area contributed by atoms with Crippen molar-refractivity contribution in [3.05, 3.63) is 47.6 Å². The molecule has 7 nitrogen and oxygen atoms in total. The van der Waals surface area contributed by atoms with Crippen LogP contribution in [0.15, 0.2) is 36.9 Å². The minimum atomic E-state index is -0.0866. The zero-order chi connectivity index (χ0) is 18.8. The monoisotopic (exact) mass is 385 g/mol. The van der Waals surface area contributed by atoms with Crippen molar-refractivity contribution in [2.75, 3.05) is 26.8 Å². The van der Waals surface area contributed by atoms with Gasteiger partial charge in [-0.2, -0.15) is 0 Å². The standard InChI is InChI=1S/C19H23N5O2S/c1-23-6-5-21-19(23)15-10-24(11-16(15)22-18(25)12-26-2)9-14-7-13-3-4-20-8-17(13)27-14/h3-8,15-16H,9-12H2,1-2H3,(H,22,25)/t15-,16-/m1/s1. The lowest BCUT2D eigenvalue weighted by Crippen LogP contribution is -2.41. The van der Waals surface area contributed by atoms with E-state index in [1.807, 2.05) is 42.5 Å². The fourth-order valence-electron chi connectivity index (χ4n) is 3.77. The summed E-state index contributed by atoms with van der Waals surface area (Å²) in [7, 11) is 3.53. The number of rotatable bonds is 6. The Labute approximate surface area is 162 Å². The molecule has 3 aromatic heterocycles. The molecule has 0 bridgehead atoms. The van der Waals surface area contributed by atoms with Crippen molar-refractivity contribution >= 4 is 27.3 Å². The number of ether oxygens (including phenoxy) is 1. The maximum Gasteiger partial charge on any atom is 0.246 e. The molecule has 0 aromatic carbocycles. The summed E-state index contributed by atoms with van der Waals surface area (Å²) in [5.41, 5.74) is 0. The average molecular weight is 385 g/mol. The molecule has 0 aliphatic carbocycles. The predicted octanol–water partition coefficient (Wildman–Crippen LogP) is 1.76. The molecule has 2 atom stereocenters. The molecular formula is C19H23N5O2S. The van der Waals surface area contributed by atoms with Gasteiger partial charge in [-0.1, -0.05) is 0 Å². The molecule has 1 saturated heterocycles. The fourth-order valence-corrected chi connectivity index (χ4v) is 4.85. The minimum absolute atomic E-state index is 0.0183. The first kappa shape index (κ1) is 18.1. The number of pyridine rings is 1.